The van der Waals surface area contributed by atoms with Gasteiger partial charge in [0, 0.05) is 18.7 Å². The third kappa shape index (κ3) is 4.98. The number of rotatable bonds is 7. The van der Waals surface area contributed by atoms with Gasteiger partial charge in [-0.25, -0.2) is 21.6 Å². The Hall–Kier alpha value is -1.52. The molecular formula is C13H18N2O6S2. The molecule has 0 saturated carbocycles. The number of non-ortho nitro benzene ring substituents is 1. The van der Waals surface area contributed by atoms with Crippen molar-refractivity contribution in [1.29, 1.82) is 0 Å². The van der Waals surface area contributed by atoms with Crippen LogP contribution >= 0.6 is 0 Å². The van der Waals surface area contributed by atoms with E-state index in [9.17, 15) is 26.9 Å². The maximum Gasteiger partial charge on any atom is 0.270 e. The zero-order valence-electron chi connectivity index (χ0n) is 12.3. The summed E-state index contributed by atoms with van der Waals surface area (Å²) in [5.41, 5.74) is -0.288. The maximum atomic E-state index is 12.1. The zero-order chi connectivity index (χ0) is 17.1. The zero-order valence-corrected chi connectivity index (χ0v) is 14.0. The summed E-state index contributed by atoms with van der Waals surface area (Å²) in [7, 11) is -6.73. The highest BCUT2D eigenvalue weighted by Crippen LogP contribution is 2.23. The summed E-state index contributed by atoms with van der Waals surface area (Å²) in [4.78, 5) is 9.87. The van der Waals surface area contributed by atoms with Crippen molar-refractivity contribution in [3.63, 3.8) is 0 Å². The normalized spacial score (nSPS) is 20.4. The van der Waals surface area contributed by atoms with E-state index in [1.165, 1.54) is 18.2 Å². The summed E-state index contributed by atoms with van der Waals surface area (Å²) >= 11 is 0. The van der Waals surface area contributed by atoms with Gasteiger partial charge >= 0.3 is 0 Å². The molecule has 1 heterocycles. The van der Waals surface area contributed by atoms with Gasteiger partial charge in [0.2, 0.25) is 10.0 Å². The van der Waals surface area contributed by atoms with Crippen molar-refractivity contribution in [2.45, 2.75) is 24.2 Å². The summed E-state index contributed by atoms with van der Waals surface area (Å²) in [6.07, 6.45) is 1.78. The molecule has 0 aromatic heterocycles. The van der Waals surface area contributed by atoms with Crippen LogP contribution in [0.25, 0.3) is 0 Å². The molecule has 1 aliphatic rings. The Balaban J connectivity index is 1.87. The second-order valence-corrected chi connectivity index (χ2v) is 9.56. The number of hydrogen-bond donors (Lipinski definition) is 1. The van der Waals surface area contributed by atoms with E-state index in [1.807, 2.05) is 0 Å². The monoisotopic (exact) mass is 362 g/mol. The van der Waals surface area contributed by atoms with Gasteiger partial charge in [0.05, 0.1) is 21.3 Å². The van der Waals surface area contributed by atoms with E-state index in [0.29, 0.717) is 19.3 Å². The number of nitrogens with one attached hydrogen (secondary N) is 1. The SMILES string of the molecule is O=[N+]([O-])c1cccc(S(=O)(=O)NCCCC2CCS(=O)(=O)C2)c1. The molecule has 8 nitrogen and oxygen atoms in total. The van der Waals surface area contributed by atoms with Gasteiger partial charge in [0.25, 0.3) is 5.69 Å². The summed E-state index contributed by atoms with van der Waals surface area (Å²) in [5.74, 6) is 0.462. The van der Waals surface area contributed by atoms with Gasteiger partial charge in [0.15, 0.2) is 9.84 Å². The Morgan fingerprint density at radius 2 is 2.09 bits per heavy atom. The molecule has 0 aliphatic carbocycles. The average Bonchev–Trinajstić information content (AvgIpc) is 2.83. The second-order valence-electron chi connectivity index (χ2n) is 5.56. The van der Waals surface area contributed by atoms with Crippen LogP contribution in [0.1, 0.15) is 19.3 Å². The number of nitro benzene ring substituents is 1. The molecule has 0 radical (unpaired) electrons. The molecule has 1 atom stereocenters. The van der Waals surface area contributed by atoms with E-state index in [4.69, 9.17) is 0 Å². The smallest absolute Gasteiger partial charge is 0.258 e. The quantitative estimate of drug-likeness (QED) is 0.440. The molecular weight excluding hydrogens is 344 g/mol. The van der Waals surface area contributed by atoms with Gasteiger partial charge in [-0.15, -0.1) is 0 Å². The van der Waals surface area contributed by atoms with E-state index in [0.717, 1.165) is 6.07 Å². The van der Waals surface area contributed by atoms with Crippen LogP contribution in [0.5, 0.6) is 0 Å². The number of nitrogens with zero attached hydrogens (tertiary/aromatic N) is 1. The molecule has 10 heteroatoms. The Morgan fingerprint density at radius 1 is 1.35 bits per heavy atom. The molecule has 1 aromatic rings. The highest BCUT2D eigenvalue weighted by Gasteiger charge is 2.27. The number of sulfonamides is 1. The minimum Gasteiger partial charge on any atom is -0.258 e. The van der Waals surface area contributed by atoms with Crippen LogP contribution in [0.15, 0.2) is 29.2 Å². The second kappa shape index (κ2) is 6.93. The predicted molar refractivity (Wildman–Crippen MR) is 84.3 cm³/mol. The first-order valence-electron chi connectivity index (χ1n) is 7.14. The minimum absolute atomic E-state index is 0.0855. The molecule has 1 aromatic carbocycles. The van der Waals surface area contributed by atoms with Crippen molar-refractivity contribution in [3.05, 3.63) is 34.4 Å². The summed E-state index contributed by atoms with van der Waals surface area (Å²) in [6.45, 7) is 0.168. The highest BCUT2D eigenvalue weighted by atomic mass is 32.2. The minimum atomic E-state index is -3.81. The fourth-order valence-corrected chi connectivity index (χ4v) is 5.57. The lowest BCUT2D eigenvalue weighted by Gasteiger charge is -2.09. The van der Waals surface area contributed by atoms with E-state index in [1.54, 1.807) is 0 Å². The van der Waals surface area contributed by atoms with Gasteiger partial charge in [-0.2, -0.15) is 0 Å². The van der Waals surface area contributed by atoms with Crippen LogP contribution in [0.3, 0.4) is 0 Å². The number of nitro groups is 1. The van der Waals surface area contributed by atoms with Gasteiger partial charge in [-0.3, -0.25) is 10.1 Å². The lowest BCUT2D eigenvalue weighted by atomic mass is 10.0. The first-order valence-corrected chi connectivity index (χ1v) is 10.4. The van der Waals surface area contributed by atoms with Crippen LogP contribution in [0, 0.1) is 16.0 Å². The van der Waals surface area contributed by atoms with E-state index < -0.39 is 24.8 Å². The van der Waals surface area contributed by atoms with Crippen molar-refractivity contribution >= 4 is 25.5 Å². The Bertz CT molecular complexity index is 788. The van der Waals surface area contributed by atoms with Crippen molar-refractivity contribution < 1.29 is 21.8 Å². The molecule has 1 unspecified atom stereocenters. The number of sulfone groups is 1. The Kier molecular flexibility index (Phi) is 5.37. The summed E-state index contributed by atoms with van der Waals surface area (Å²) in [5, 5.41) is 10.7. The van der Waals surface area contributed by atoms with Crippen LogP contribution in [-0.2, 0) is 19.9 Å². The summed E-state index contributed by atoms with van der Waals surface area (Å²) in [6, 6.07) is 4.83. The topological polar surface area (TPSA) is 123 Å². The van der Waals surface area contributed by atoms with Gasteiger partial charge in [0.1, 0.15) is 0 Å². The molecule has 1 fully saturated rings. The van der Waals surface area contributed by atoms with Gasteiger partial charge < -0.3 is 0 Å². The first kappa shape index (κ1) is 17.8. The van der Waals surface area contributed by atoms with Gasteiger partial charge in [-0.05, 0) is 31.2 Å². The molecule has 2 rings (SSSR count). The molecule has 1 aliphatic heterocycles. The first-order chi connectivity index (χ1) is 10.7. The van der Waals surface area contributed by atoms with Crippen LogP contribution in [-0.4, -0.2) is 39.8 Å². The van der Waals surface area contributed by atoms with Crippen LogP contribution in [0.2, 0.25) is 0 Å². The molecule has 0 bridgehead atoms. The molecule has 1 saturated heterocycles. The van der Waals surface area contributed by atoms with Crippen molar-refractivity contribution in [2.75, 3.05) is 18.1 Å². The average molecular weight is 362 g/mol. The number of benzene rings is 1. The van der Waals surface area contributed by atoms with Crippen molar-refractivity contribution in [1.82, 2.24) is 4.72 Å². The molecule has 23 heavy (non-hydrogen) atoms. The maximum absolute atomic E-state index is 12.1. The van der Waals surface area contributed by atoms with E-state index in [2.05, 4.69) is 4.72 Å². The third-order valence-electron chi connectivity index (χ3n) is 3.75. The highest BCUT2D eigenvalue weighted by molar-refractivity contribution is 7.91. The molecule has 0 spiro atoms. The molecule has 0 amide bonds. The lowest BCUT2D eigenvalue weighted by molar-refractivity contribution is -0.385. The third-order valence-corrected chi connectivity index (χ3v) is 7.04. The largest absolute Gasteiger partial charge is 0.270 e. The summed E-state index contributed by atoms with van der Waals surface area (Å²) < 4.78 is 49.2. The fraction of sp³-hybridized carbons (Fsp3) is 0.538. The van der Waals surface area contributed by atoms with Crippen molar-refractivity contribution in [3.8, 4) is 0 Å². The lowest BCUT2D eigenvalue weighted by Crippen LogP contribution is -2.25. The molecule has 128 valence electrons. The molecule has 1 N–H and O–H groups in total. The predicted octanol–water partition coefficient (Wildman–Crippen LogP) is 1.09. The fourth-order valence-electron chi connectivity index (χ4n) is 2.54. The van der Waals surface area contributed by atoms with E-state index in [-0.39, 0.29) is 34.6 Å². The Morgan fingerprint density at radius 3 is 2.70 bits per heavy atom. The van der Waals surface area contributed by atoms with Crippen molar-refractivity contribution in [2.24, 2.45) is 5.92 Å². The van der Waals surface area contributed by atoms with Gasteiger partial charge in [-0.1, -0.05) is 6.07 Å². The number of hydrogen-bond acceptors (Lipinski definition) is 6. The Labute approximate surface area is 135 Å². The van der Waals surface area contributed by atoms with E-state index >= 15 is 0 Å². The van der Waals surface area contributed by atoms with Crippen LogP contribution in [0.4, 0.5) is 5.69 Å². The van der Waals surface area contributed by atoms with Crippen LogP contribution < -0.4 is 4.72 Å². The standard InChI is InChI=1S/C13H18N2O6S2/c16-15(17)12-4-1-5-13(9-12)23(20,21)14-7-2-3-11-6-8-22(18,19)10-11/h1,4-5,9,11,14H,2-3,6-8,10H2.